The van der Waals surface area contributed by atoms with Gasteiger partial charge in [-0.15, -0.1) is 11.8 Å². The van der Waals surface area contributed by atoms with Crippen molar-refractivity contribution in [3.8, 4) is 0 Å². The molecule has 2 heterocycles. The number of hydrogen-bond acceptors (Lipinski definition) is 5. The minimum atomic E-state index is -0.344. The number of ether oxygens (including phenoxy) is 1. The summed E-state index contributed by atoms with van der Waals surface area (Å²) in [5, 5.41) is 0. The summed E-state index contributed by atoms with van der Waals surface area (Å²) >= 11 is 1.60. The molecule has 1 aliphatic rings. The summed E-state index contributed by atoms with van der Waals surface area (Å²) < 4.78 is 4.61. The molecule has 0 spiro atoms. The highest BCUT2D eigenvalue weighted by Gasteiger charge is 2.37. The molecular weight excluding hydrogens is 212 g/mol. The standard InChI is InChI=1S/C10H10N2O2S/c1-14-10(13)9-8(12-9)6-3-4-11-5-7(6)15-2/h3-5,8H,1-2H3. The second-order valence-electron chi connectivity index (χ2n) is 3.03. The lowest BCUT2D eigenvalue weighted by Crippen LogP contribution is -2.09. The van der Waals surface area contributed by atoms with Crippen LogP contribution >= 0.6 is 11.8 Å². The normalized spacial score (nSPS) is 18.3. The lowest BCUT2D eigenvalue weighted by atomic mass is 10.1. The zero-order valence-electron chi connectivity index (χ0n) is 8.43. The van der Waals surface area contributed by atoms with Crippen LogP contribution in [0.5, 0.6) is 0 Å². The van der Waals surface area contributed by atoms with Crippen LogP contribution in [-0.4, -0.2) is 30.0 Å². The second kappa shape index (κ2) is 4.02. The summed E-state index contributed by atoms with van der Waals surface area (Å²) in [6.45, 7) is 0. The van der Waals surface area contributed by atoms with Crippen molar-refractivity contribution in [1.82, 2.24) is 4.98 Å². The molecule has 0 aromatic carbocycles. The maximum Gasteiger partial charge on any atom is 0.354 e. The highest BCUT2D eigenvalue weighted by atomic mass is 32.2. The van der Waals surface area contributed by atoms with Gasteiger partial charge in [-0.1, -0.05) is 0 Å². The second-order valence-corrected chi connectivity index (χ2v) is 3.87. The van der Waals surface area contributed by atoms with Gasteiger partial charge in [-0.25, -0.2) is 4.79 Å². The molecule has 1 atom stereocenters. The fraction of sp³-hybridized carbons (Fsp3) is 0.300. The first kappa shape index (κ1) is 10.2. The van der Waals surface area contributed by atoms with Crippen LogP contribution in [0.25, 0.3) is 0 Å². The van der Waals surface area contributed by atoms with Crippen molar-refractivity contribution in [2.24, 2.45) is 4.99 Å². The minimum Gasteiger partial charge on any atom is -0.464 e. The Morgan fingerprint density at radius 2 is 2.40 bits per heavy atom. The van der Waals surface area contributed by atoms with E-state index in [4.69, 9.17) is 0 Å². The van der Waals surface area contributed by atoms with Crippen LogP contribution in [0.2, 0.25) is 0 Å². The molecule has 78 valence electrons. The van der Waals surface area contributed by atoms with Gasteiger partial charge in [0.15, 0.2) is 5.71 Å². The summed E-state index contributed by atoms with van der Waals surface area (Å²) in [6, 6.07) is 1.76. The van der Waals surface area contributed by atoms with Gasteiger partial charge in [0.25, 0.3) is 0 Å². The molecule has 0 bridgehead atoms. The van der Waals surface area contributed by atoms with Gasteiger partial charge < -0.3 is 4.74 Å². The number of pyridine rings is 1. The number of esters is 1. The van der Waals surface area contributed by atoms with E-state index < -0.39 is 0 Å². The van der Waals surface area contributed by atoms with E-state index in [9.17, 15) is 4.79 Å². The average molecular weight is 222 g/mol. The average Bonchev–Trinajstić information content (AvgIpc) is 3.08. The van der Waals surface area contributed by atoms with E-state index >= 15 is 0 Å². The van der Waals surface area contributed by atoms with E-state index in [1.165, 1.54) is 7.11 Å². The molecule has 4 nitrogen and oxygen atoms in total. The summed E-state index contributed by atoms with van der Waals surface area (Å²) in [7, 11) is 1.36. The number of carbonyl (C=O) groups is 1. The van der Waals surface area contributed by atoms with Crippen LogP contribution in [0.15, 0.2) is 28.3 Å². The van der Waals surface area contributed by atoms with Crippen molar-refractivity contribution in [3.63, 3.8) is 0 Å². The molecule has 0 saturated carbocycles. The van der Waals surface area contributed by atoms with Crippen LogP contribution in [0.4, 0.5) is 0 Å². The van der Waals surface area contributed by atoms with E-state index in [0.717, 1.165) is 10.5 Å². The molecule has 0 aliphatic carbocycles. The molecule has 1 unspecified atom stereocenters. The first-order valence-electron chi connectivity index (χ1n) is 4.42. The van der Waals surface area contributed by atoms with Crippen LogP contribution in [0, 0.1) is 0 Å². The molecule has 1 aromatic rings. The zero-order chi connectivity index (χ0) is 10.8. The third-order valence-corrected chi connectivity index (χ3v) is 2.97. The van der Waals surface area contributed by atoms with Crippen molar-refractivity contribution in [3.05, 3.63) is 24.0 Å². The van der Waals surface area contributed by atoms with E-state index in [-0.39, 0.29) is 12.0 Å². The van der Waals surface area contributed by atoms with E-state index in [2.05, 4.69) is 14.7 Å². The third kappa shape index (κ3) is 1.87. The maximum absolute atomic E-state index is 11.2. The molecule has 0 N–H and O–H groups in total. The van der Waals surface area contributed by atoms with E-state index in [1.54, 1.807) is 24.2 Å². The van der Waals surface area contributed by atoms with Crippen molar-refractivity contribution in [2.45, 2.75) is 10.9 Å². The number of aromatic nitrogens is 1. The third-order valence-electron chi connectivity index (χ3n) is 2.18. The highest BCUT2D eigenvalue weighted by Crippen LogP contribution is 2.36. The molecule has 1 aromatic heterocycles. The van der Waals surface area contributed by atoms with Crippen LogP contribution < -0.4 is 0 Å². The molecule has 2 rings (SSSR count). The van der Waals surface area contributed by atoms with Gasteiger partial charge >= 0.3 is 5.97 Å². The molecule has 0 amide bonds. The van der Waals surface area contributed by atoms with Crippen molar-refractivity contribution in [2.75, 3.05) is 13.4 Å². The Bertz CT molecular complexity index is 431. The highest BCUT2D eigenvalue weighted by molar-refractivity contribution is 7.98. The first-order valence-corrected chi connectivity index (χ1v) is 5.64. The summed E-state index contributed by atoms with van der Waals surface area (Å²) in [5.74, 6) is -0.344. The van der Waals surface area contributed by atoms with E-state index in [1.807, 2.05) is 12.3 Å². The van der Waals surface area contributed by atoms with Gasteiger partial charge in [-0.05, 0) is 17.9 Å². The lowest BCUT2D eigenvalue weighted by Gasteiger charge is -2.03. The molecule has 0 saturated heterocycles. The molecule has 0 radical (unpaired) electrons. The summed E-state index contributed by atoms with van der Waals surface area (Å²) in [6.07, 6.45) is 5.46. The van der Waals surface area contributed by atoms with Gasteiger partial charge in [0.05, 0.1) is 7.11 Å². The monoisotopic (exact) mass is 222 g/mol. The number of rotatable bonds is 3. The fourth-order valence-electron chi connectivity index (χ4n) is 1.37. The molecular formula is C10H10N2O2S. The maximum atomic E-state index is 11.2. The van der Waals surface area contributed by atoms with E-state index in [0.29, 0.717) is 5.71 Å². The van der Waals surface area contributed by atoms with Gasteiger partial charge in [0.1, 0.15) is 6.04 Å². The number of carbonyl (C=O) groups excluding carboxylic acids is 1. The minimum absolute atomic E-state index is 0.122. The molecule has 0 fully saturated rings. The van der Waals surface area contributed by atoms with Gasteiger partial charge in [0, 0.05) is 17.3 Å². The van der Waals surface area contributed by atoms with Crippen LogP contribution in [0.1, 0.15) is 11.6 Å². The SMILES string of the molecule is COC(=O)C1=NC1c1ccncc1SC. The van der Waals surface area contributed by atoms with Gasteiger partial charge in [-0.3, -0.25) is 9.98 Å². The Morgan fingerprint density at radius 1 is 1.60 bits per heavy atom. The van der Waals surface area contributed by atoms with Crippen molar-refractivity contribution in [1.29, 1.82) is 0 Å². The Hall–Kier alpha value is -1.36. The van der Waals surface area contributed by atoms with Crippen LogP contribution in [-0.2, 0) is 9.53 Å². The van der Waals surface area contributed by atoms with Crippen molar-refractivity contribution < 1.29 is 9.53 Å². The molecule has 1 aliphatic heterocycles. The number of nitrogens with zero attached hydrogens (tertiary/aromatic N) is 2. The zero-order valence-corrected chi connectivity index (χ0v) is 9.25. The molecule has 5 heteroatoms. The van der Waals surface area contributed by atoms with Crippen LogP contribution in [0.3, 0.4) is 0 Å². The largest absolute Gasteiger partial charge is 0.464 e. The first-order chi connectivity index (χ1) is 7.27. The quantitative estimate of drug-likeness (QED) is 0.574. The Balaban J connectivity index is 2.17. The Labute approximate surface area is 91.8 Å². The predicted molar refractivity (Wildman–Crippen MR) is 58.2 cm³/mol. The number of hydrogen-bond donors (Lipinski definition) is 0. The number of aliphatic imine (C=N–C) groups is 1. The van der Waals surface area contributed by atoms with Gasteiger partial charge in [0.2, 0.25) is 0 Å². The Kier molecular flexibility index (Phi) is 2.73. The fourth-order valence-corrected chi connectivity index (χ4v) is 1.96. The topological polar surface area (TPSA) is 51.5 Å². The number of thioether (sulfide) groups is 1. The van der Waals surface area contributed by atoms with Gasteiger partial charge in [-0.2, -0.15) is 0 Å². The molecule has 15 heavy (non-hydrogen) atoms. The summed E-state index contributed by atoms with van der Waals surface area (Å²) in [4.78, 5) is 20.4. The summed E-state index contributed by atoms with van der Waals surface area (Å²) in [5.41, 5.74) is 1.52. The lowest BCUT2D eigenvalue weighted by molar-refractivity contribution is -0.132. The smallest absolute Gasteiger partial charge is 0.354 e. The predicted octanol–water partition coefficient (Wildman–Crippen LogP) is 1.47. The number of methoxy groups -OCH3 is 1. The Morgan fingerprint density at radius 3 is 3.07 bits per heavy atom. The van der Waals surface area contributed by atoms with Crippen molar-refractivity contribution >= 4 is 23.4 Å².